The van der Waals surface area contributed by atoms with Crippen LogP contribution in [0.3, 0.4) is 0 Å². The van der Waals surface area contributed by atoms with Gasteiger partial charge < -0.3 is 15.4 Å². The second-order valence-corrected chi connectivity index (χ2v) is 2.70. The maximum Gasteiger partial charge on any atom is 0.410 e. The van der Waals surface area contributed by atoms with Crippen molar-refractivity contribution >= 4 is 23.3 Å². The molecule has 0 radical (unpaired) electrons. The Balaban J connectivity index is 3.96. The van der Waals surface area contributed by atoms with E-state index >= 15 is 0 Å². The molecular formula is C7H14N2O2S. The lowest BCUT2D eigenvalue weighted by molar-refractivity contribution is 0.114. The monoisotopic (exact) mass is 190 g/mol. The molecule has 0 aromatic rings. The van der Waals surface area contributed by atoms with Gasteiger partial charge >= 0.3 is 6.09 Å². The Labute approximate surface area is 77.7 Å². The van der Waals surface area contributed by atoms with Crippen LogP contribution in [0, 0.1) is 0 Å². The molecule has 0 aromatic heterocycles. The van der Waals surface area contributed by atoms with Crippen LogP contribution in [-0.2, 0) is 4.74 Å². The van der Waals surface area contributed by atoms with Gasteiger partial charge in [0.2, 0.25) is 0 Å². The summed E-state index contributed by atoms with van der Waals surface area (Å²) in [4.78, 5) is 12.8. The van der Waals surface area contributed by atoms with E-state index in [0.29, 0.717) is 18.1 Å². The van der Waals surface area contributed by atoms with Gasteiger partial charge in [0.15, 0.2) is 0 Å². The highest BCUT2D eigenvalue weighted by Gasteiger charge is 2.12. The topological polar surface area (TPSA) is 55.6 Å². The minimum Gasteiger partial charge on any atom is -0.450 e. The number of rotatable bonds is 4. The highest BCUT2D eigenvalue weighted by atomic mass is 32.1. The lowest BCUT2D eigenvalue weighted by atomic mass is 10.5. The fourth-order valence-corrected chi connectivity index (χ4v) is 0.864. The third-order valence-electron chi connectivity index (χ3n) is 1.25. The second-order valence-electron chi connectivity index (χ2n) is 2.18. The number of likely N-dealkylation sites (N-methyl/N-ethyl adjacent to an activating group) is 1. The molecule has 1 amide bonds. The summed E-state index contributed by atoms with van der Waals surface area (Å²) in [5.74, 6) is 0. The van der Waals surface area contributed by atoms with Crippen LogP contribution in [0.1, 0.15) is 13.8 Å². The van der Waals surface area contributed by atoms with Gasteiger partial charge in [0, 0.05) is 6.54 Å². The van der Waals surface area contributed by atoms with Crippen molar-refractivity contribution in [2.75, 3.05) is 19.7 Å². The van der Waals surface area contributed by atoms with E-state index in [1.807, 2.05) is 6.92 Å². The number of ether oxygens (including phenoxy) is 1. The fraction of sp³-hybridized carbons (Fsp3) is 0.714. The minimum absolute atomic E-state index is 0.282. The Morgan fingerprint density at radius 3 is 2.50 bits per heavy atom. The van der Waals surface area contributed by atoms with E-state index in [2.05, 4.69) is 12.2 Å². The van der Waals surface area contributed by atoms with Crippen LogP contribution in [0.2, 0.25) is 0 Å². The number of amides is 1. The zero-order valence-corrected chi connectivity index (χ0v) is 8.19. The van der Waals surface area contributed by atoms with Gasteiger partial charge in [-0.05, 0) is 13.8 Å². The first-order valence-electron chi connectivity index (χ1n) is 3.81. The molecule has 5 heteroatoms. The zero-order chi connectivity index (χ0) is 9.56. The number of nitrogens with two attached hydrogens (primary N) is 1. The highest BCUT2D eigenvalue weighted by Crippen LogP contribution is 1.93. The lowest BCUT2D eigenvalue weighted by Crippen LogP contribution is -2.37. The average molecular weight is 190 g/mol. The van der Waals surface area contributed by atoms with Gasteiger partial charge in [-0.3, -0.25) is 0 Å². The van der Waals surface area contributed by atoms with Crippen molar-refractivity contribution in [3.05, 3.63) is 0 Å². The van der Waals surface area contributed by atoms with Crippen LogP contribution >= 0.6 is 12.2 Å². The number of nitrogens with zero attached hydrogens (tertiary/aromatic N) is 1. The molecule has 0 heterocycles. The Morgan fingerprint density at radius 2 is 2.17 bits per heavy atom. The van der Waals surface area contributed by atoms with Gasteiger partial charge in [-0.25, -0.2) is 4.79 Å². The summed E-state index contributed by atoms with van der Waals surface area (Å²) in [5.41, 5.74) is 5.28. The normalized spacial score (nSPS) is 9.17. The predicted octanol–water partition coefficient (Wildman–Crippen LogP) is 0.751. The highest BCUT2D eigenvalue weighted by molar-refractivity contribution is 7.80. The van der Waals surface area contributed by atoms with Gasteiger partial charge in [-0.15, -0.1) is 0 Å². The molecule has 0 saturated carbocycles. The zero-order valence-electron chi connectivity index (χ0n) is 7.37. The fourth-order valence-electron chi connectivity index (χ4n) is 0.708. The third-order valence-corrected chi connectivity index (χ3v) is 1.38. The molecule has 0 aromatic carbocycles. The van der Waals surface area contributed by atoms with Gasteiger partial charge in [0.1, 0.15) is 0 Å². The van der Waals surface area contributed by atoms with E-state index < -0.39 is 0 Å². The summed E-state index contributed by atoms with van der Waals surface area (Å²) in [7, 11) is 0. The first-order chi connectivity index (χ1) is 5.61. The summed E-state index contributed by atoms with van der Waals surface area (Å²) in [6.07, 6.45) is -0.368. The van der Waals surface area contributed by atoms with Crippen LogP contribution in [0.5, 0.6) is 0 Å². The first kappa shape index (κ1) is 11.2. The number of carbonyl (C=O) groups is 1. The summed E-state index contributed by atoms with van der Waals surface area (Å²) in [6.45, 7) is 4.80. The molecule has 2 N–H and O–H groups in total. The largest absolute Gasteiger partial charge is 0.450 e. The average Bonchev–Trinajstić information content (AvgIpc) is 2.00. The van der Waals surface area contributed by atoms with Crippen molar-refractivity contribution < 1.29 is 9.53 Å². The SMILES string of the molecule is CCOC(=O)N(CC)CC(N)=S. The molecule has 70 valence electrons. The number of thiocarbonyl (C=S) groups is 1. The molecule has 0 atom stereocenters. The van der Waals surface area contributed by atoms with Gasteiger partial charge in [0.25, 0.3) is 0 Å². The van der Waals surface area contributed by atoms with Crippen molar-refractivity contribution in [2.45, 2.75) is 13.8 Å². The second kappa shape index (κ2) is 5.77. The smallest absolute Gasteiger partial charge is 0.410 e. The number of hydrogen-bond acceptors (Lipinski definition) is 3. The molecule has 0 saturated heterocycles. The van der Waals surface area contributed by atoms with Crippen molar-refractivity contribution in [3.8, 4) is 0 Å². The van der Waals surface area contributed by atoms with Crippen molar-refractivity contribution in [1.29, 1.82) is 0 Å². The third kappa shape index (κ3) is 4.12. The Kier molecular flexibility index (Phi) is 5.36. The Bertz CT molecular complexity index is 173. The summed E-state index contributed by atoms with van der Waals surface area (Å²) < 4.78 is 4.77. The quantitative estimate of drug-likeness (QED) is 0.665. The van der Waals surface area contributed by atoms with Gasteiger partial charge in [-0.2, -0.15) is 0 Å². The van der Waals surface area contributed by atoms with Gasteiger partial charge in [0.05, 0.1) is 18.1 Å². The first-order valence-corrected chi connectivity index (χ1v) is 4.22. The molecule has 0 fully saturated rings. The van der Waals surface area contributed by atoms with Crippen LogP contribution < -0.4 is 5.73 Å². The minimum atomic E-state index is -0.368. The summed E-state index contributed by atoms with van der Waals surface area (Å²) in [6, 6.07) is 0. The van der Waals surface area contributed by atoms with E-state index in [9.17, 15) is 4.79 Å². The maximum absolute atomic E-state index is 11.1. The number of hydrogen-bond donors (Lipinski definition) is 1. The van der Waals surface area contributed by atoms with E-state index in [4.69, 9.17) is 10.5 Å². The van der Waals surface area contributed by atoms with Crippen molar-refractivity contribution in [3.63, 3.8) is 0 Å². The molecular weight excluding hydrogens is 176 g/mol. The van der Waals surface area contributed by atoms with Gasteiger partial charge in [-0.1, -0.05) is 12.2 Å². The predicted molar refractivity (Wildman–Crippen MR) is 51.1 cm³/mol. The maximum atomic E-state index is 11.1. The van der Waals surface area contributed by atoms with Crippen molar-refractivity contribution in [2.24, 2.45) is 5.73 Å². The molecule has 12 heavy (non-hydrogen) atoms. The van der Waals surface area contributed by atoms with Crippen LogP contribution in [0.25, 0.3) is 0 Å². The summed E-state index contributed by atoms with van der Waals surface area (Å²) in [5, 5.41) is 0. The Hall–Kier alpha value is -0.840. The van der Waals surface area contributed by atoms with E-state index in [0.717, 1.165) is 0 Å². The number of carbonyl (C=O) groups excluding carboxylic acids is 1. The Morgan fingerprint density at radius 1 is 1.58 bits per heavy atom. The van der Waals surface area contributed by atoms with E-state index in [1.54, 1.807) is 6.92 Å². The lowest BCUT2D eigenvalue weighted by Gasteiger charge is -2.18. The molecule has 0 aliphatic carbocycles. The molecule has 4 nitrogen and oxygen atoms in total. The molecule has 0 aliphatic heterocycles. The summed E-state index contributed by atoms with van der Waals surface area (Å²) >= 11 is 4.67. The van der Waals surface area contributed by atoms with E-state index in [-0.39, 0.29) is 12.6 Å². The van der Waals surface area contributed by atoms with Crippen LogP contribution in [-0.4, -0.2) is 35.7 Å². The van der Waals surface area contributed by atoms with E-state index in [1.165, 1.54) is 4.90 Å². The van der Waals surface area contributed by atoms with Crippen LogP contribution in [0.4, 0.5) is 4.79 Å². The molecule has 0 aliphatic rings. The van der Waals surface area contributed by atoms with Crippen LogP contribution in [0.15, 0.2) is 0 Å². The van der Waals surface area contributed by atoms with Crippen molar-refractivity contribution in [1.82, 2.24) is 4.90 Å². The molecule has 0 unspecified atom stereocenters. The molecule has 0 rings (SSSR count). The molecule has 0 bridgehead atoms. The molecule has 0 spiro atoms. The standard InChI is InChI=1S/C7H14N2O2S/c1-3-9(5-6(8)12)7(10)11-4-2/h3-5H2,1-2H3,(H2,8,12).